The molecule has 1 aromatic rings. The number of rotatable bonds is 5. The van der Waals surface area contributed by atoms with Crippen LogP contribution >= 0.6 is 0 Å². The van der Waals surface area contributed by atoms with Crippen LogP contribution in [0.25, 0.3) is 0 Å². The third kappa shape index (κ3) is 3.24. The Morgan fingerprint density at radius 1 is 1.36 bits per heavy atom. The number of nitrogens with zero attached hydrogens (tertiary/aromatic N) is 1. The summed E-state index contributed by atoms with van der Waals surface area (Å²) >= 11 is 0. The van der Waals surface area contributed by atoms with Gasteiger partial charge in [0.05, 0.1) is 6.61 Å². The topological polar surface area (TPSA) is 65.1 Å². The Morgan fingerprint density at radius 2 is 2.12 bits per heavy atom. The normalized spacial score (nSPS) is 19.8. The third-order valence-corrected chi connectivity index (χ3v) is 4.43. The van der Waals surface area contributed by atoms with Crippen molar-refractivity contribution in [2.45, 2.75) is 33.5 Å². The molecule has 6 heteroatoms. The number of anilines is 1. The number of benzene rings is 1. The van der Waals surface area contributed by atoms with Crippen LogP contribution in [0, 0.1) is 0 Å². The van der Waals surface area contributed by atoms with Crippen molar-refractivity contribution in [2.75, 3.05) is 18.1 Å². The van der Waals surface area contributed by atoms with Crippen LogP contribution in [0.5, 0.6) is 0 Å². The highest BCUT2D eigenvalue weighted by Gasteiger charge is 2.31. The van der Waals surface area contributed by atoms with E-state index in [0.717, 1.165) is 17.7 Å². The molecule has 1 aromatic carbocycles. The Morgan fingerprint density at radius 3 is 2.80 bits per heavy atom. The van der Waals surface area contributed by atoms with E-state index in [1.54, 1.807) is 20.8 Å². The summed E-state index contributed by atoms with van der Waals surface area (Å²) in [4.78, 5) is 25.9. The molecule has 1 atom stereocenters. The zero-order valence-electron chi connectivity index (χ0n) is 14.6. The van der Waals surface area contributed by atoms with Crippen LogP contribution in [-0.2, 0) is 30.2 Å². The van der Waals surface area contributed by atoms with Crippen LogP contribution < -0.4 is 4.90 Å². The Bertz CT molecular complexity index is 765. The van der Waals surface area contributed by atoms with Crippen LogP contribution in [0.1, 0.15) is 26.3 Å². The lowest BCUT2D eigenvalue weighted by molar-refractivity contribution is -0.153. The van der Waals surface area contributed by atoms with Gasteiger partial charge in [0.15, 0.2) is 5.70 Å². The molecule has 0 amide bonds. The third-order valence-electron chi connectivity index (χ3n) is 4.43. The minimum Gasteiger partial charge on any atom is -0.461 e. The first-order chi connectivity index (χ1) is 12.0. The molecule has 2 aliphatic rings. The highest BCUT2D eigenvalue weighted by molar-refractivity contribution is 5.93. The molecule has 0 bridgehead atoms. The molecule has 25 heavy (non-hydrogen) atoms. The first kappa shape index (κ1) is 17.1. The van der Waals surface area contributed by atoms with Crippen LogP contribution in [0.3, 0.4) is 0 Å². The Labute approximate surface area is 146 Å². The molecule has 132 valence electrons. The molecule has 6 nitrogen and oxygen atoms in total. The molecule has 2 heterocycles. The van der Waals surface area contributed by atoms with E-state index in [1.165, 1.54) is 6.26 Å². The first-order valence-corrected chi connectivity index (χ1v) is 8.29. The van der Waals surface area contributed by atoms with Crippen LogP contribution in [-0.4, -0.2) is 31.4 Å². The number of fused-ring (bicyclic) bond motifs is 1. The summed E-state index contributed by atoms with van der Waals surface area (Å²) in [5.74, 6) is -0.873. The zero-order valence-corrected chi connectivity index (χ0v) is 14.6. The fraction of sp³-hybridized carbons (Fsp3) is 0.368. The van der Waals surface area contributed by atoms with Crippen molar-refractivity contribution >= 4 is 17.6 Å². The fourth-order valence-corrected chi connectivity index (χ4v) is 2.88. The largest absolute Gasteiger partial charge is 0.461 e. The lowest BCUT2D eigenvalue weighted by Crippen LogP contribution is -2.28. The maximum absolute atomic E-state index is 12.4. The SMILES string of the molecule is CCOC(=O)/C(=C/OC1OC(=O)C(C)=C1C)N1CCc2ccccc21. The summed E-state index contributed by atoms with van der Waals surface area (Å²) in [7, 11) is 0. The van der Waals surface area contributed by atoms with Crippen molar-refractivity contribution < 1.29 is 23.8 Å². The van der Waals surface area contributed by atoms with Gasteiger partial charge in [0, 0.05) is 23.4 Å². The summed E-state index contributed by atoms with van der Waals surface area (Å²) in [6.45, 7) is 6.14. The fourth-order valence-electron chi connectivity index (χ4n) is 2.88. The molecule has 0 fully saturated rings. The second-order valence-electron chi connectivity index (χ2n) is 5.94. The predicted molar refractivity (Wildman–Crippen MR) is 91.5 cm³/mol. The van der Waals surface area contributed by atoms with Gasteiger partial charge in [0.2, 0.25) is 0 Å². The Hall–Kier alpha value is -2.76. The van der Waals surface area contributed by atoms with Crippen molar-refractivity contribution in [3.05, 3.63) is 52.9 Å². The van der Waals surface area contributed by atoms with Crippen LogP contribution in [0.15, 0.2) is 47.4 Å². The number of hydrogen-bond donors (Lipinski definition) is 0. The maximum Gasteiger partial charge on any atom is 0.358 e. The molecule has 0 aromatic heterocycles. The molecule has 1 unspecified atom stereocenters. The Balaban J connectivity index is 1.86. The van der Waals surface area contributed by atoms with E-state index in [1.807, 2.05) is 29.2 Å². The van der Waals surface area contributed by atoms with Gasteiger partial charge in [-0.1, -0.05) is 18.2 Å². The van der Waals surface area contributed by atoms with Crippen molar-refractivity contribution in [3.63, 3.8) is 0 Å². The summed E-state index contributed by atoms with van der Waals surface area (Å²) in [6.07, 6.45) is 1.36. The summed E-state index contributed by atoms with van der Waals surface area (Å²) < 4.78 is 15.9. The molecule has 0 saturated carbocycles. The minimum atomic E-state index is -0.810. The van der Waals surface area contributed by atoms with E-state index in [0.29, 0.717) is 23.4 Å². The summed E-state index contributed by atoms with van der Waals surface area (Å²) in [5, 5.41) is 0. The second kappa shape index (κ2) is 7.01. The predicted octanol–water partition coefficient (Wildman–Crippen LogP) is 2.69. The van der Waals surface area contributed by atoms with Crippen LogP contribution in [0.4, 0.5) is 5.69 Å². The van der Waals surface area contributed by atoms with Crippen molar-refractivity contribution in [3.8, 4) is 0 Å². The second-order valence-corrected chi connectivity index (χ2v) is 5.94. The molecule has 0 saturated heterocycles. The average molecular weight is 343 g/mol. The quantitative estimate of drug-likeness (QED) is 0.465. The summed E-state index contributed by atoms with van der Waals surface area (Å²) in [6, 6.07) is 7.89. The number of hydrogen-bond acceptors (Lipinski definition) is 6. The molecular weight excluding hydrogens is 322 g/mol. The molecule has 0 N–H and O–H groups in total. The molecule has 0 radical (unpaired) electrons. The van der Waals surface area contributed by atoms with E-state index in [4.69, 9.17) is 14.2 Å². The molecular formula is C19H21NO5. The van der Waals surface area contributed by atoms with Crippen molar-refractivity contribution in [1.29, 1.82) is 0 Å². The Kier molecular flexibility index (Phi) is 4.79. The number of esters is 2. The molecule has 2 aliphatic heterocycles. The lowest BCUT2D eigenvalue weighted by atomic mass is 10.2. The van der Waals surface area contributed by atoms with Crippen molar-refractivity contribution in [2.24, 2.45) is 0 Å². The highest BCUT2D eigenvalue weighted by Crippen LogP contribution is 2.31. The smallest absolute Gasteiger partial charge is 0.358 e. The van der Waals surface area contributed by atoms with Gasteiger partial charge in [-0.3, -0.25) is 0 Å². The average Bonchev–Trinajstić information content (AvgIpc) is 3.13. The monoisotopic (exact) mass is 343 g/mol. The number of carbonyl (C=O) groups excluding carboxylic acids is 2. The highest BCUT2D eigenvalue weighted by atomic mass is 16.7. The molecule has 0 spiro atoms. The maximum atomic E-state index is 12.4. The summed E-state index contributed by atoms with van der Waals surface area (Å²) in [5.41, 5.74) is 3.64. The van der Waals surface area contributed by atoms with Crippen molar-refractivity contribution in [1.82, 2.24) is 0 Å². The van der Waals surface area contributed by atoms with Crippen LogP contribution in [0.2, 0.25) is 0 Å². The number of ether oxygens (including phenoxy) is 3. The van der Waals surface area contributed by atoms with E-state index in [9.17, 15) is 9.59 Å². The number of cyclic esters (lactones) is 1. The van der Waals surface area contributed by atoms with Gasteiger partial charge in [-0.25, -0.2) is 9.59 Å². The van der Waals surface area contributed by atoms with E-state index in [2.05, 4.69) is 0 Å². The molecule has 3 rings (SSSR count). The molecule has 0 aliphatic carbocycles. The van der Waals surface area contributed by atoms with Gasteiger partial charge in [0.1, 0.15) is 6.26 Å². The van der Waals surface area contributed by atoms with Gasteiger partial charge in [-0.2, -0.15) is 0 Å². The van der Waals surface area contributed by atoms with E-state index < -0.39 is 18.2 Å². The van der Waals surface area contributed by atoms with Gasteiger partial charge < -0.3 is 19.1 Å². The minimum absolute atomic E-state index is 0.266. The van der Waals surface area contributed by atoms with Gasteiger partial charge in [-0.05, 0) is 38.8 Å². The van der Waals surface area contributed by atoms with Gasteiger partial charge in [0.25, 0.3) is 6.29 Å². The lowest BCUT2D eigenvalue weighted by Gasteiger charge is -2.22. The van der Waals surface area contributed by atoms with Gasteiger partial charge in [-0.15, -0.1) is 0 Å². The standard InChI is InChI=1S/C19H21NO5/c1-4-23-18(22)16(11-24-19-13(3)12(2)17(21)25-19)20-10-9-14-7-5-6-8-15(14)20/h5-8,11,19H,4,9-10H2,1-3H3/b16-11-. The van der Waals surface area contributed by atoms with Gasteiger partial charge >= 0.3 is 11.9 Å². The van der Waals surface area contributed by atoms with E-state index in [-0.39, 0.29) is 6.61 Å². The number of carbonyl (C=O) groups is 2. The van der Waals surface area contributed by atoms with E-state index >= 15 is 0 Å². The zero-order chi connectivity index (χ0) is 18.0. The number of para-hydroxylation sites is 1. The first-order valence-electron chi connectivity index (χ1n) is 8.29.